The van der Waals surface area contributed by atoms with E-state index in [1.807, 2.05) is 13.0 Å². The first-order chi connectivity index (χ1) is 11.6. The molecule has 0 aliphatic heterocycles. The molecule has 25 heavy (non-hydrogen) atoms. The SMILES string of the molecule is CN=C(NCCc1ccc(F)cc1C)NCC1(CCOC)CCC1.I. The number of aryl methyl sites for hydroxylation is 1. The summed E-state index contributed by atoms with van der Waals surface area (Å²) in [4.78, 5) is 4.30. The van der Waals surface area contributed by atoms with E-state index in [9.17, 15) is 4.39 Å². The zero-order chi connectivity index (χ0) is 17.4. The molecule has 1 saturated carbocycles. The minimum absolute atomic E-state index is 0. The fourth-order valence-electron chi connectivity index (χ4n) is 3.26. The average Bonchev–Trinajstić information content (AvgIpc) is 2.53. The third-order valence-electron chi connectivity index (χ3n) is 5.10. The zero-order valence-corrected chi connectivity index (χ0v) is 17.9. The number of halogens is 2. The monoisotopic (exact) mass is 463 g/mol. The molecule has 1 aromatic carbocycles. The predicted octanol–water partition coefficient (Wildman–Crippen LogP) is 3.67. The molecule has 1 fully saturated rings. The van der Waals surface area contributed by atoms with Crippen LogP contribution in [0.15, 0.2) is 23.2 Å². The summed E-state index contributed by atoms with van der Waals surface area (Å²) in [5.74, 6) is 0.655. The third kappa shape index (κ3) is 6.73. The van der Waals surface area contributed by atoms with Crippen LogP contribution in [0.5, 0.6) is 0 Å². The molecule has 0 aromatic heterocycles. The maximum Gasteiger partial charge on any atom is 0.191 e. The van der Waals surface area contributed by atoms with Crippen LogP contribution in [-0.4, -0.2) is 39.8 Å². The second kappa shape index (κ2) is 11.0. The third-order valence-corrected chi connectivity index (χ3v) is 5.10. The molecule has 0 unspecified atom stereocenters. The Morgan fingerprint density at radius 3 is 2.64 bits per heavy atom. The van der Waals surface area contributed by atoms with Gasteiger partial charge in [-0.15, -0.1) is 24.0 Å². The summed E-state index contributed by atoms with van der Waals surface area (Å²) in [6, 6.07) is 4.96. The van der Waals surface area contributed by atoms with Crippen molar-refractivity contribution in [1.82, 2.24) is 10.6 Å². The second-order valence-electron chi connectivity index (χ2n) is 6.77. The summed E-state index contributed by atoms with van der Waals surface area (Å²) < 4.78 is 18.4. The van der Waals surface area contributed by atoms with Crippen LogP contribution in [0.25, 0.3) is 0 Å². The molecule has 0 atom stereocenters. The van der Waals surface area contributed by atoms with Gasteiger partial charge >= 0.3 is 0 Å². The topological polar surface area (TPSA) is 45.7 Å². The Labute approximate surface area is 168 Å². The number of hydrogen-bond donors (Lipinski definition) is 2. The number of guanidine groups is 1. The highest BCUT2D eigenvalue weighted by atomic mass is 127. The Morgan fingerprint density at radius 2 is 2.08 bits per heavy atom. The largest absolute Gasteiger partial charge is 0.385 e. The number of nitrogens with one attached hydrogen (secondary N) is 2. The van der Waals surface area contributed by atoms with Crippen LogP contribution in [0.3, 0.4) is 0 Å². The van der Waals surface area contributed by atoms with E-state index in [4.69, 9.17) is 4.74 Å². The second-order valence-corrected chi connectivity index (χ2v) is 6.77. The lowest BCUT2D eigenvalue weighted by Gasteiger charge is -2.42. The van der Waals surface area contributed by atoms with Gasteiger partial charge in [0, 0.05) is 33.9 Å². The summed E-state index contributed by atoms with van der Waals surface area (Å²) in [5, 5.41) is 6.80. The Hall–Kier alpha value is -0.890. The Kier molecular flexibility index (Phi) is 9.71. The Balaban J connectivity index is 0.00000312. The predicted molar refractivity (Wildman–Crippen MR) is 112 cm³/mol. The van der Waals surface area contributed by atoms with E-state index >= 15 is 0 Å². The molecule has 4 nitrogen and oxygen atoms in total. The quantitative estimate of drug-likeness (QED) is 0.352. The molecule has 2 N–H and O–H groups in total. The fraction of sp³-hybridized carbons (Fsp3) is 0.632. The van der Waals surface area contributed by atoms with E-state index in [1.54, 1.807) is 20.2 Å². The zero-order valence-electron chi connectivity index (χ0n) is 15.5. The van der Waals surface area contributed by atoms with Crippen LogP contribution >= 0.6 is 24.0 Å². The van der Waals surface area contributed by atoms with Crippen molar-refractivity contribution in [3.05, 3.63) is 35.1 Å². The number of aliphatic imine (C=N–C) groups is 1. The number of hydrogen-bond acceptors (Lipinski definition) is 2. The van der Waals surface area contributed by atoms with Gasteiger partial charge in [-0.3, -0.25) is 4.99 Å². The first-order valence-corrected chi connectivity index (χ1v) is 8.77. The normalized spacial score (nSPS) is 15.9. The molecule has 0 radical (unpaired) electrons. The van der Waals surface area contributed by atoms with Gasteiger partial charge < -0.3 is 15.4 Å². The molecule has 0 heterocycles. The number of methoxy groups -OCH3 is 1. The number of benzene rings is 1. The molecule has 6 heteroatoms. The summed E-state index contributed by atoms with van der Waals surface area (Å²) in [5.41, 5.74) is 2.52. The number of ether oxygens (including phenoxy) is 1. The lowest BCUT2D eigenvalue weighted by atomic mass is 9.67. The summed E-state index contributed by atoms with van der Waals surface area (Å²) >= 11 is 0. The Morgan fingerprint density at radius 1 is 1.32 bits per heavy atom. The number of rotatable bonds is 8. The maximum absolute atomic E-state index is 13.1. The van der Waals surface area contributed by atoms with Crippen molar-refractivity contribution in [3.63, 3.8) is 0 Å². The standard InChI is InChI=1S/C19H30FN3O.HI/c1-15-13-17(20)6-5-16(15)7-11-22-18(21-2)23-14-19(8-4-9-19)10-12-24-3;/h5-6,13H,4,7-12,14H2,1-3H3,(H2,21,22,23);1H. The average molecular weight is 463 g/mol. The molecular weight excluding hydrogens is 432 g/mol. The van der Waals surface area contributed by atoms with Gasteiger partial charge in [-0.2, -0.15) is 0 Å². The van der Waals surface area contributed by atoms with Gasteiger partial charge in [0.05, 0.1) is 0 Å². The van der Waals surface area contributed by atoms with E-state index in [0.29, 0.717) is 5.41 Å². The van der Waals surface area contributed by atoms with E-state index in [-0.39, 0.29) is 29.8 Å². The highest BCUT2D eigenvalue weighted by Gasteiger charge is 2.36. The van der Waals surface area contributed by atoms with Crippen molar-refractivity contribution in [2.45, 2.75) is 39.0 Å². The van der Waals surface area contributed by atoms with Crippen LogP contribution in [0.2, 0.25) is 0 Å². The maximum atomic E-state index is 13.1. The smallest absolute Gasteiger partial charge is 0.191 e. The molecule has 1 aliphatic carbocycles. The first-order valence-electron chi connectivity index (χ1n) is 8.77. The molecule has 1 aliphatic rings. The van der Waals surface area contributed by atoms with Crippen molar-refractivity contribution in [2.75, 3.05) is 33.9 Å². The van der Waals surface area contributed by atoms with Crippen LogP contribution in [0.4, 0.5) is 4.39 Å². The van der Waals surface area contributed by atoms with Gasteiger partial charge in [0.25, 0.3) is 0 Å². The lowest BCUT2D eigenvalue weighted by molar-refractivity contribution is 0.0732. The highest BCUT2D eigenvalue weighted by molar-refractivity contribution is 14.0. The van der Waals surface area contributed by atoms with Gasteiger partial charge in [-0.05, 0) is 61.3 Å². The van der Waals surface area contributed by atoms with E-state index < -0.39 is 0 Å². The van der Waals surface area contributed by atoms with Crippen molar-refractivity contribution >= 4 is 29.9 Å². The van der Waals surface area contributed by atoms with Crippen LogP contribution < -0.4 is 10.6 Å². The van der Waals surface area contributed by atoms with Crippen LogP contribution in [0.1, 0.15) is 36.8 Å². The molecule has 0 bridgehead atoms. The van der Waals surface area contributed by atoms with Crippen LogP contribution in [-0.2, 0) is 11.2 Å². The van der Waals surface area contributed by atoms with Gasteiger partial charge in [-0.25, -0.2) is 4.39 Å². The van der Waals surface area contributed by atoms with Crippen molar-refractivity contribution in [3.8, 4) is 0 Å². The molecule has 0 spiro atoms. The highest BCUT2D eigenvalue weighted by Crippen LogP contribution is 2.43. The van der Waals surface area contributed by atoms with Gasteiger partial charge in [-0.1, -0.05) is 12.5 Å². The molecule has 1 aromatic rings. The van der Waals surface area contributed by atoms with Crippen LogP contribution in [0, 0.1) is 18.2 Å². The minimum atomic E-state index is -0.177. The van der Waals surface area contributed by atoms with E-state index in [0.717, 1.165) is 49.6 Å². The Bertz CT molecular complexity index is 562. The lowest BCUT2D eigenvalue weighted by Crippen LogP contribution is -2.47. The molecule has 0 saturated heterocycles. The fourth-order valence-corrected chi connectivity index (χ4v) is 3.26. The van der Waals surface area contributed by atoms with Gasteiger partial charge in [0.2, 0.25) is 0 Å². The summed E-state index contributed by atoms with van der Waals surface area (Å²) in [7, 11) is 3.55. The van der Waals surface area contributed by atoms with E-state index in [1.165, 1.54) is 25.3 Å². The van der Waals surface area contributed by atoms with Gasteiger partial charge in [0.1, 0.15) is 5.82 Å². The van der Waals surface area contributed by atoms with Crippen molar-refractivity contribution in [2.24, 2.45) is 10.4 Å². The minimum Gasteiger partial charge on any atom is -0.385 e. The van der Waals surface area contributed by atoms with E-state index in [2.05, 4.69) is 15.6 Å². The molecule has 2 rings (SSSR count). The van der Waals surface area contributed by atoms with Crippen molar-refractivity contribution in [1.29, 1.82) is 0 Å². The van der Waals surface area contributed by atoms with Crippen molar-refractivity contribution < 1.29 is 9.13 Å². The first kappa shape index (κ1) is 22.2. The number of nitrogens with zero attached hydrogens (tertiary/aromatic N) is 1. The molecular formula is C19H31FIN3O. The summed E-state index contributed by atoms with van der Waals surface area (Å²) in [6.45, 7) is 4.47. The molecule has 142 valence electrons. The summed E-state index contributed by atoms with van der Waals surface area (Å²) in [6.07, 6.45) is 5.77. The molecule has 0 amide bonds. The van der Waals surface area contributed by atoms with Gasteiger partial charge in [0.15, 0.2) is 5.96 Å².